The number of rotatable bonds is 6. The number of carbonyl (C=O) groups is 1. The average Bonchev–Trinajstić information content (AvgIpc) is 2.25. The highest BCUT2D eigenvalue weighted by molar-refractivity contribution is 7.99. The lowest BCUT2D eigenvalue weighted by molar-refractivity contribution is 0.152. The Morgan fingerprint density at radius 1 is 1.53 bits per heavy atom. The topological polar surface area (TPSA) is 50.7 Å². The SMILES string of the molecule is C=CCCSCC(=NOC(=O)NC)C(C)(C)C. The van der Waals surface area contributed by atoms with Gasteiger partial charge in [0.25, 0.3) is 0 Å². The minimum absolute atomic E-state index is 0.102. The quantitative estimate of drug-likeness (QED) is 0.262. The zero-order valence-corrected chi connectivity index (χ0v) is 11.9. The highest BCUT2D eigenvalue weighted by atomic mass is 32.2. The molecule has 0 atom stereocenters. The molecule has 0 aromatic carbocycles. The van der Waals surface area contributed by atoms with Crippen LogP contribution in [-0.2, 0) is 4.84 Å². The average molecular weight is 258 g/mol. The lowest BCUT2D eigenvalue weighted by Gasteiger charge is -2.20. The van der Waals surface area contributed by atoms with Gasteiger partial charge in [0.2, 0.25) is 0 Å². The molecule has 0 unspecified atom stereocenters. The summed E-state index contributed by atoms with van der Waals surface area (Å²) < 4.78 is 0. The first kappa shape index (κ1) is 16.0. The zero-order valence-electron chi connectivity index (χ0n) is 11.1. The van der Waals surface area contributed by atoms with Crippen molar-refractivity contribution in [1.82, 2.24) is 5.32 Å². The largest absolute Gasteiger partial charge is 0.433 e. The molecule has 0 heterocycles. The number of nitrogens with one attached hydrogen (secondary N) is 1. The Bertz CT molecular complexity index is 283. The van der Waals surface area contributed by atoms with Crippen LogP contribution in [0.5, 0.6) is 0 Å². The number of hydrogen-bond donors (Lipinski definition) is 1. The molecule has 0 radical (unpaired) electrons. The van der Waals surface area contributed by atoms with Crippen LogP contribution in [0.2, 0.25) is 0 Å². The first-order valence-corrected chi connectivity index (χ1v) is 6.72. The summed E-state index contributed by atoms with van der Waals surface area (Å²) in [5, 5.41) is 6.28. The molecule has 0 aliphatic rings. The Hall–Kier alpha value is -0.970. The number of hydrogen-bond acceptors (Lipinski definition) is 4. The molecule has 0 saturated carbocycles. The number of thioether (sulfide) groups is 1. The van der Waals surface area contributed by atoms with Crippen molar-refractivity contribution < 1.29 is 9.63 Å². The molecule has 5 heteroatoms. The van der Waals surface area contributed by atoms with Crippen LogP contribution in [0.15, 0.2) is 17.8 Å². The minimum atomic E-state index is -0.539. The van der Waals surface area contributed by atoms with Crippen molar-refractivity contribution in [3.05, 3.63) is 12.7 Å². The van der Waals surface area contributed by atoms with Gasteiger partial charge in [0, 0.05) is 18.2 Å². The first-order chi connectivity index (χ1) is 7.91. The fourth-order valence-corrected chi connectivity index (χ4v) is 2.01. The lowest BCUT2D eigenvalue weighted by Crippen LogP contribution is -2.25. The molecule has 1 amide bonds. The van der Waals surface area contributed by atoms with E-state index in [4.69, 9.17) is 4.84 Å². The van der Waals surface area contributed by atoms with Gasteiger partial charge in [-0.25, -0.2) is 4.79 Å². The van der Waals surface area contributed by atoms with E-state index in [1.165, 1.54) is 7.05 Å². The van der Waals surface area contributed by atoms with Crippen LogP contribution in [0, 0.1) is 5.41 Å². The number of amides is 1. The number of carbonyl (C=O) groups excluding carboxylic acids is 1. The molecule has 0 saturated heterocycles. The van der Waals surface area contributed by atoms with Crippen molar-refractivity contribution >= 4 is 23.6 Å². The number of nitrogens with zero attached hydrogens (tertiary/aromatic N) is 1. The molecule has 0 bridgehead atoms. The zero-order chi connectivity index (χ0) is 13.3. The predicted molar refractivity (Wildman–Crippen MR) is 74.6 cm³/mol. The van der Waals surface area contributed by atoms with Crippen molar-refractivity contribution in [3.63, 3.8) is 0 Å². The lowest BCUT2D eigenvalue weighted by atomic mass is 9.91. The first-order valence-electron chi connectivity index (χ1n) is 5.56. The number of allylic oxidation sites excluding steroid dienone is 1. The van der Waals surface area contributed by atoms with E-state index in [2.05, 4.69) is 17.1 Å². The molecule has 17 heavy (non-hydrogen) atoms. The van der Waals surface area contributed by atoms with E-state index in [0.29, 0.717) is 0 Å². The molecule has 0 aromatic rings. The van der Waals surface area contributed by atoms with Gasteiger partial charge in [-0.1, -0.05) is 32.0 Å². The van der Waals surface area contributed by atoms with Gasteiger partial charge in [-0.15, -0.1) is 6.58 Å². The van der Waals surface area contributed by atoms with Gasteiger partial charge in [-0.3, -0.25) is 4.84 Å². The van der Waals surface area contributed by atoms with Gasteiger partial charge in [-0.05, 0) is 12.2 Å². The van der Waals surface area contributed by atoms with E-state index in [-0.39, 0.29) is 5.41 Å². The standard InChI is InChI=1S/C12H22N2O2S/c1-6-7-8-17-9-10(12(2,3)4)14-16-11(15)13-5/h6H,1,7-9H2,2-5H3,(H,13,15). The van der Waals surface area contributed by atoms with E-state index in [0.717, 1.165) is 23.6 Å². The van der Waals surface area contributed by atoms with E-state index >= 15 is 0 Å². The molecule has 98 valence electrons. The Kier molecular flexibility index (Phi) is 7.70. The summed E-state index contributed by atoms with van der Waals surface area (Å²) >= 11 is 1.76. The summed E-state index contributed by atoms with van der Waals surface area (Å²) in [4.78, 5) is 15.7. The van der Waals surface area contributed by atoms with Crippen LogP contribution in [-0.4, -0.2) is 30.4 Å². The monoisotopic (exact) mass is 258 g/mol. The van der Waals surface area contributed by atoms with Crippen LogP contribution in [0.3, 0.4) is 0 Å². The minimum Gasteiger partial charge on any atom is -0.323 e. The van der Waals surface area contributed by atoms with Gasteiger partial charge in [0.05, 0.1) is 5.71 Å². The molecule has 0 aromatic heterocycles. The summed E-state index contributed by atoms with van der Waals surface area (Å²) in [7, 11) is 1.51. The Labute approximate surface area is 108 Å². The van der Waals surface area contributed by atoms with E-state index < -0.39 is 6.09 Å². The molecule has 0 spiro atoms. The van der Waals surface area contributed by atoms with Gasteiger partial charge in [0.15, 0.2) is 0 Å². The summed E-state index contributed by atoms with van der Waals surface area (Å²) in [6, 6.07) is 0. The third-order valence-corrected chi connectivity index (χ3v) is 3.02. The van der Waals surface area contributed by atoms with Gasteiger partial charge in [-0.2, -0.15) is 11.8 Å². The molecular weight excluding hydrogens is 236 g/mol. The van der Waals surface area contributed by atoms with Crippen LogP contribution in [0.4, 0.5) is 4.79 Å². The van der Waals surface area contributed by atoms with Crippen LogP contribution in [0.25, 0.3) is 0 Å². The second-order valence-corrected chi connectivity index (χ2v) is 5.65. The van der Waals surface area contributed by atoms with Crippen LogP contribution < -0.4 is 5.32 Å². The Balaban J connectivity index is 4.34. The van der Waals surface area contributed by atoms with E-state index in [9.17, 15) is 4.79 Å². The second kappa shape index (κ2) is 8.17. The highest BCUT2D eigenvalue weighted by Crippen LogP contribution is 2.20. The normalized spacial score (nSPS) is 12.1. The van der Waals surface area contributed by atoms with E-state index in [1.807, 2.05) is 26.8 Å². The second-order valence-electron chi connectivity index (χ2n) is 4.55. The molecule has 0 aliphatic heterocycles. The van der Waals surface area contributed by atoms with Crippen molar-refractivity contribution in [2.24, 2.45) is 10.6 Å². The van der Waals surface area contributed by atoms with Gasteiger partial charge < -0.3 is 5.32 Å². The van der Waals surface area contributed by atoms with Gasteiger partial charge in [0.1, 0.15) is 0 Å². The van der Waals surface area contributed by atoms with Crippen molar-refractivity contribution in [2.45, 2.75) is 27.2 Å². The summed E-state index contributed by atoms with van der Waals surface area (Å²) in [6.07, 6.45) is 2.32. The maximum absolute atomic E-state index is 11.0. The fourth-order valence-electron chi connectivity index (χ4n) is 0.857. The molecular formula is C12H22N2O2S. The molecule has 0 rings (SSSR count). The number of oxime groups is 1. The molecule has 0 aliphatic carbocycles. The highest BCUT2D eigenvalue weighted by Gasteiger charge is 2.20. The maximum Gasteiger partial charge on any atom is 0.433 e. The fraction of sp³-hybridized carbons (Fsp3) is 0.667. The smallest absolute Gasteiger partial charge is 0.323 e. The summed E-state index contributed by atoms with van der Waals surface area (Å²) in [6.45, 7) is 9.82. The van der Waals surface area contributed by atoms with Crippen LogP contribution >= 0.6 is 11.8 Å². The van der Waals surface area contributed by atoms with E-state index in [1.54, 1.807) is 11.8 Å². The predicted octanol–water partition coefficient (Wildman–Crippen LogP) is 3.05. The van der Waals surface area contributed by atoms with Crippen LogP contribution in [0.1, 0.15) is 27.2 Å². The molecule has 4 nitrogen and oxygen atoms in total. The maximum atomic E-state index is 11.0. The van der Waals surface area contributed by atoms with Crippen molar-refractivity contribution in [1.29, 1.82) is 0 Å². The third-order valence-electron chi connectivity index (χ3n) is 2.01. The van der Waals surface area contributed by atoms with Crippen molar-refractivity contribution in [2.75, 3.05) is 18.6 Å². The Morgan fingerprint density at radius 3 is 2.65 bits per heavy atom. The summed E-state index contributed by atoms with van der Waals surface area (Å²) in [5.41, 5.74) is 0.769. The molecule has 0 fully saturated rings. The molecule has 1 N–H and O–H groups in total. The third kappa shape index (κ3) is 7.85. The van der Waals surface area contributed by atoms with Gasteiger partial charge >= 0.3 is 6.09 Å². The van der Waals surface area contributed by atoms with Crippen molar-refractivity contribution in [3.8, 4) is 0 Å². The Morgan fingerprint density at radius 2 is 2.18 bits per heavy atom. The summed E-state index contributed by atoms with van der Waals surface area (Å²) in [5.74, 6) is 1.76.